The smallest absolute Gasteiger partial charge is 0.255 e. The third kappa shape index (κ3) is 3.48. The molecule has 1 amide bonds. The van der Waals surface area contributed by atoms with Gasteiger partial charge in [0.1, 0.15) is 5.82 Å². The van der Waals surface area contributed by atoms with Crippen molar-refractivity contribution < 1.29 is 14.6 Å². The normalized spacial score (nSPS) is 10.2. The van der Waals surface area contributed by atoms with Crippen LogP contribution in [-0.4, -0.2) is 37.2 Å². The summed E-state index contributed by atoms with van der Waals surface area (Å²) in [6, 6.07) is 6.57. The van der Waals surface area contributed by atoms with Crippen molar-refractivity contribution in [2.75, 3.05) is 31.4 Å². The summed E-state index contributed by atoms with van der Waals surface area (Å²) < 4.78 is 5.42. The van der Waals surface area contributed by atoms with E-state index in [1.165, 1.54) is 19.2 Å². The van der Waals surface area contributed by atoms with Gasteiger partial charge in [0.15, 0.2) is 11.5 Å². The Kier molecular flexibility index (Phi) is 4.87. The largest absolute Gasteiger partial charge is 0.503 e. The van der Waals surface area contributed by atoms with Gasteiger partial charge in [0.25, 0.3) is 5.91 Å². The number of carbonyl (C=O) groups is 1. The molecule has 0 aliphatic heterocycles. The van der Waals surface area contributed by atoms with Gasteiger partial charge in [-0.05, 0) is 40.2 Å². The average molecular weight is 366 g/mol. The first-order valence-corrected chi connectivity index (χ1v) is 7.23. The van der Waals surface area contributed by atoms with Crippen molar-refractivity contribution in [1.82, 2.24) is 4.98 Å². The van der Waals surface area contributed by atoms with E-state index in [4.69, 9.17) is 4.74 Å². The molecule has 0 radical (unpaired) electrons. The van der Waals surface area contributed by atoms with E-state index in [9.17, 15) is 9.90 Å². The lowest BCUT2D eigenvalue weighted by Crippen LogP contribution is -2.14. The van der Waals surface area contributed by atoms with E-state index in [1.807, 2.05) is 25.1 Å². The quantitative estimate of drug-likeness (QED) is 0.871. The first-order chi connectivity index (χ1) is 10.4. The number of pyridine rings is 1. The third-order valence-corrected chi connectivity index (χ3v) is 3.58. The van der Waals surface area contributed by atoms with Crippen LogP contribution in [0.4, 0.5) is 11.5 Å². The number of methoxy groups -OCH3 is 1. The van der Waals surface area contributed by atoms with Crippen molar-refractivity contribution in [3.8, 4) is 11.5 Å². The minimum atomic E-state index is -0.321. The Labute approximate surface area is 136 Å². The Morgan fingerprint density at radius 1 is 1.36 bits per heavy atom. The van der Waals surface area contributed by atoms with Crippen LogP contribution in [0.1, 0.15) is 10.4 Å². The van der Waals surface area contributed by atoms with Gasteiger partial charge in [0.2, 0.25) is 0 Å². The fourth-order valence-corrected chi connectivity index (χ4v) is 2.23. The molecule has 0 aliphatic carbocycles. The highest BCUT2D eigenvalue weighted by molar-refractivity contribution is 9.10. The summed E-state index contributed by atoms with van der Waals surface area (Å²) in [5.41, 5.74) is 0.942. The first-order valence-electron chi connectivity index (χ1n) is 6.43. The highest BCUT2D eigenvalue weighted by Crippen LogP contribution is 2.35. The van der Waals surface area contributed by atoms with E-state index in [-0.39, 0.29) is 17.4 Å². The number of aromatic nitrogens is 1. The lowest BCUT2D eigenvalue weighted by molar-refractivity contribution is 0.102. The zero-order valence-electron chi connectivity index (χ0n) is 12.4. The fraction of sp³-hybridized carbons (Fsp3) is 0.200. The highest BCUT2D eigenvalue weighted by Gasteiger charge is 2.14. The minimum absolute atomic E-state index is 0.0453. The van der Waals surface area contributed by atoms with Crippen molar-refractivity contribution in [3.63, 3.8) is 0 Å². The maximum absolute atomic E-state index is 12.3. The number of anilines is 2. The van der Waals surface area contributed by atoms with Crippen molar-refractivity contribution in [2.45, 2.75) is 0 Å². The van der Waals surface area contributed by atoms with E-state index >= 15 is 0 Å². The number of halogens is 1. The van der Waals surface area contributed by atoms with Crippen LogP contribution in [0.3, 0.4) is 0 Å². The van der Waals surface area contributed by atoms with Crippen LogP contribution in [0, 0.1) is 0 Å². The van der Waals surface area contributed by atoms with Crippen molar-refractivity contribution in [1.29, 1.82) is 0 Å². The second-order valence-electron chi connectivity index (χ2n) is 4.76. The molecule has 0 atom stereocenters. The predicted molar refractivity (Wildman–Crippen MR) is 88.9 cm³/mol. The number of hydrogen-bond acceptors (Lipinski definition) is 5. The Morgan fingerprint density at radius 2 is 2.09 bits per heavy atom. The Bertz CT molecular complexity index is 687. The first kappa shape index (κ1) is 16.1. The molecule has 0 unspecified atom stereocenters. The third-order valence-electron chi connectivity index (χ3n) is 2.97. The zero-order chi connectivity index (χ0) is 16.3. The van der Waals surface area contributed by atoms with Crippen LogP contribution >= 0.6 is 15.9 Å². The fourth-order valence-electron chi connectivity index (χ4n) is 1.79. The summed E-state index contributed by atoms with van der Waals surface area (Å²) in [5, 5.41) is 12.5. The van der Waals surface area contributed by atoms with Crippen molar-refractivity contribution in [3.05, 3.63) is 40.5 Å². The summed E-state index contributed by atoms with van der Waals surface area (Å²) in [4.78, 5) is 18.4. The maximum Gasteiger partial charge on any atom is 0.255 e. The standard InChI is InChI=1S/C15H16BrN3O3/c1-19(2)13-5-4-10(8-17-13)18-15(21)9-6-11(16)14(20)12(7-9)22-3/h4-8,20H,1-3H3,(H,18,21). The summed E-state index contributed by atoms with van der Waals surface area (Å²) >= 11 is 3.19. The molecule has 2 rings (SSSR count). The van der Waals surface area contributed by atoms with Gasteiger partial charge in [-0.15, -0.1) is 0 Å². The number of benzene rings is 1. The van der Waals surface area contributed by atoms with Crippen LogP contribution < -0.4 is 15.0 Å². The van der Waals surface area contributed by atoms with Crippen molar-refractivity contribution >= 4 is 33.3 Å². The van der Waals surface area contributed by atoms with E-state index < -0.39 is 0 Å². The molecule has 1 heterocycles. The summed E-state index contributed by atoms with van der Waals surface area (Å²) in [6.07, 6.45) is 1.58. The van der Waals surface area contributed by atoms with Gasteiger partial charge >= 0.3 is 0 Å². The van der Waals surface area contributed by atoms with Crippen LogP contribution in [0.15, 0.2) is 34.9 Å². The number of nitrogens with one attached hydrogen (secondary N) is 1. The van der Waals surface area contributed by atoms with Gasteiger partial charge < -0.3 is 20.1 Å². The summed E-state index contributed by atoms with van der Waals surface area (Å²) in [7, 11) is 5.20. The number of amides is 1. The number of aromatic hydroxyl groups is 1. The molecular weight excluding hydrogens is 350 g/mol. The van der Waals surface area contributed by atoms with E-state index in [1.54, 1.807) is 12.3 Å². The van der Waals surface area contributed by atoms with E-state index in [0.717, 1.165) is 5.82 Å². The maximum atomic E-state index is 12.3. The monoisotopic (exact) mass is 365 g/mol. The van der Waals surface area contributed by atoms with E-state index in [0.29, 0.717) is 15.7 Å². The molecule has 0 saturated heterocycles. The molecule has 1 aromatic carbocycles. The Hall–Kier alpha value is -2.28. The SMILES string of the molecule is COc1cc(C(=O)Nc2ccc(N(C)C)nc2)cc(Br)c1O. The second kappa shape index (κ2) is 6.65. The van der Waals surface area contributed by atoms with Gasteiger partial charge in [-0.1, -0.05) is 0 Å². The number of nitrogens with zero attached hydrogens (tertiary/aromatic N) is 2. The summed E-state index contributed by atoms with van der Waals surface area (Å²) in [6.45, 7) is 0. The van der Waals surface area contributed by atoms with E-state index in [2.05, 4.69) is 26.2 Å². The molecule has 116 valence electrons. The van der Waals surface area contributed by atoms with Gasteiger partial charge in [-0.25, -0.2) is 4.98 Å². The molecule has 22 heavy (non-hydrogen) atoms. The molecule has 2 aromatic rings. The molecule has 0 aliphatic rings. The van der Waals surface area contributed by atoms with Crippen molar-refractivity contribution in [2.24, 2.45) is 0 Å². The number of rotatable bonds is 4. The van der Waals surface area contributed by atoms with Gasteiger partial charge in [-0.3, -0.25) is 4.79 Å². The lowest BCUT2D eigenvalue weighted by atomic mass is 10.2. The minimum Gasteiger partial charge on any atom is -0.503 e. The molecule has 0 fully saturated rings. The average Bonchev–Trinajstić information content (AvgIpc) is 2.50. The molecule has 0 spiro atoms. The number of carbonyl (C=O) groups excluding carboxylic acids is 1. The summed E-state index contributed by atoms with van der Waals surface area (Å²) in [5.74, 6) is 0.655. The molecule has 0 saturated carbocycles. The topological polar surface area (TPSA) is 74.7 Å². The second-order valence-corrected chi connectivity index (χ2v) is 5.62. The Morgan fingerprint density at radius 3 is 2.64 bits per heavy atom. The Balaban J connectivity index is 2.20. The van der Waals surface area contributed by atoms with Gasteiger partial charge in [0, 0.05) is 19.7 Å². The van der Waals surface area contributed by atoms with Crippen LogP contribution in [0.5, 0.6) is 11.5 Å². The lowest BCUT2D eigenvalue weighted by Gasteiger charge is -2.12. The number of ether oxygens (including phenoxy) is 1. The molecule has 6 nitrogen and oxygen atoms in total. The predicted octanol–water partition coefficient (Wildman–Crippen LogP) is 2.88. The van der Waals surface area contributed by atoms with Crippen LogP contribution in [-0.2, 0) is 0 Å². The highest BCUT2D eigenvalue weighted by atomic mass is 79.9. The number of hydrogen-bond donors (Lipinski definition) is 2. The molecule has 7 heteroatoms. The van der Waals surface area contributed by atoms with Gasteiger partial charge in [0.05, 0.1) is 23.5 Å². The number of phenolic OH excluding ortho intramolecular Hbond substituents is 1. The van der Waals surface area contributed by atoms with Crippen LogP contribution in [0.2, 0.25) is 0 Å². The molecule has 1 aromatic heterocycles. The zero-order valence-corrected chi connectivity index (χ0v) is 14.0. The molecule has 2 N–H and O–H groups in total. The molecular formula is C15H16BrN3O3. The molecule has 0 bridgehead atoms. The van der Waals surface area contributed by atoms with Gasteiger partial charge in [-0.2, -0.15) is 0 Å². The van der Waals surface area contributed by atoms with Crippen LogP contribution in [0.25, 0.3) is 0 Å². The number of phenols is 1.